The summed E-state index contributed by atoms with van der Waals surface area (Å²) in [7, 11) is 0. The van der Waals surface area contributed by atoms with Gasteiger partial charge < -0.3 is 9.72 Å². The molecule has 0 fully saturated rings. The highest BCUT2D eigenvalue weighted by Gasteiger charge is 1.85. The molecule has 0 aromatic carbocycles. The van der Waals surface area contributed by atoms with Gasteiger partial charge in [0.15, 0.2) is 5.88 Å². The van der Waals surface area contributed by atoms with Crippen LogP contribution in [0.5, 0.6) is 5.88 Å². The highest BCUT2D eigenvalue weighted by atomic mass is 16.5. The number of aromatic nitrogens is 1. The van der Waals surface area contributed by atoms with Crippen molar-refractivity contribution in [1.29, 1.82) is 0 Å². The third-order valence-corrected chi connectivity index (χ3v) is 0.814. The summed E-state index contributed by atoms with van der Waals surface area (Å²) in [5.41, 5.74) is 0. The Kier molecular flexibility index (Phi) is 1.57. The van der Waals surface area contributed by atoms with Gasteiger partial charge in [-0.3, -0.25) is 0 Å². The zero-order valence-corrected chi connectivity index (χ0v) is 4.72. The number of nitrogens with one attached hydrogen (secondary N) is 1. The minimum absolute atomic E-state index is 0.785. The normalized spacial score (nSPS) is 9.12. The van der Waals surface area contributed by atoms with Gasteiger partial charge in [-0.25, -0.2) is 0 Å². The van der Waals surface area contributed by atoms with E-state index in [-0.39, 0.29) is 0 Å². The Morgan fingerprint density at radius 3 is 3.12 bits per heavy atom. The molecule has 0 atom stereocenters. The number of aromatic amines is 1. The molecule has 43 valence electrons. The van der Waals surface area contributed by atoms with Crippen LogP contribution in [-0.4, -0.2) is 4.98 Å². The number of H-pyrrole nitrogens is 1. The predicted molar refractivity (Wildman–Crippen MR) is 31.4 cm³/mol. The highest BCUT2D eigenvalue weighted by Crippen LogP contribution is 2.04. The van der Waals surface area contributed by atoms with Crippen molar-refractivity contribution in [3.8, 4) is 5.88 Å². The molecule has 0 saturated heterocycles. The van der Waals surface area contributed by atoms with Crippen LogP contribution in [0.4, 0.5) is 0 Å². The fraction of sp³-hybridized carbons (Fsp3) is 0.167. The summed E-state index contributed by atoms with van der Waals surface area (Å²) < 4.78 is 4.97. The molecule has 1 N–H and O–H groups in total. The van der Waals surface area contributed by atoms with E-state index < -0.39 is 0 Å². The summed E-state index contributed by atoms with van der Waals surface area (Å²) in [6, 6.07) is 3.75. The van der Waals surface area contributed by atoms with Gasteiger partial charge in [0.1, 0.15) is 6.61 Å². The average molecular weight is 110 g/mol. The summed E-state index contributed by atoms with van der Waals surface area (Å²) in [6.07, 6.45) is 1.82. The zero-order chi connectivity index (χ0) is 5.82. The summed E-state index contributed by atoms with van der Waals surface area (Å²) in [5, 5.41) is 0. The lowest BCUT2D eigenvalue weighted by molar-refractivity contribution is 0.402. The summed E-state index contributed by atoms with van der Waals surface area (Å²) in [4.78, 5) is 2.88. The minimum Gasteiger partial charge on any atom is -0.472 e. The maximum absolute atomic E-state index is 4.97. The first-order valence-corrected chi connectivity index (χ1v) is 2.51. The second-order valence-corrected chi connectivity index (χ2v) is 1.39. The smallest absolute Gasteiger partial charge is 0.191 e. The number of hydrogen-bond acceptors (Lipinski definition) is 1. The standard InChI is InChI=1S/C6H8NO/c1-2-8-6-4-3-5-7-6/h2-5,7H,1H3. The SMILES string of the molecule is C[CH]Oc1ccc[nH]1. The number of ether oxygens (including phenoxy) is 1. The monoisotopic (exact) mass is 110 g/mol. The fourth-order valence-corrected chi connectivity index (χ4v) is 0.514. The second kappa shape index (κ2) is 2.40. The van der Waals surface area contributed by atoms with E-state index >= 15 is 0 Å². The van der Waals surface area contributed by atoms with Gasteiger partial charge in [0.25, 0.3) is 0 Å². The highest BCUT2D eigenvalue weighted by molar-refractivity contribution is 5.09. The van der Waals surface area contributed by atoms with E-state index in [9.17, 15) is 0 Å². The van der Waals surface area contributed by atoms with Crippen molar-refractivity contribution in [3.05, 3.63) is 24.9 Å². The minimum atomic E-state index is 0.785. The lowest BCUT2D eigenvalue weighted by Gasteiger charge is -1.93. The summed E-state index contributed by atoms with van der Waals surface area (Å²) >= 11 is 0. The average Bonchev–Trinajstić information content (AvgIpc) is 2.19. The van der Waals surface area contributed by atoms with Crippen LogP contribution < -0.4 is 4.74 Å². The van der Waals surface area contributed by atoms with Crippen LogP contribution in [0.2, 0.25) is 0 Å². The Morgan fingerprint density at radius 2 is 2.62 bits per heavy atom. The Labute approximate surface area is 48.5 Å². The fourth-order valence-electron chi connectivity index (χ4n) is 0.514. The van der Waals surface area contributed by atoms with E-state index in [0.29, 0.717) is 0 Å². The van der Waals surface area contributed by atoms with Crippen molar-refractivity contribution in [2.24, 2.45) is 0 Å². The van der Waals surface area contributed by atoms with Crippen LogP contribution in [0.1, 0.15) is 6.92 Å². The van der Waals surface area contributed by atoms with E-state index in [4.69, 9.17) is 4.74 Å². The molecule has 2 heteroatoms. The Bertz CT molecular complexity index is 134. The molecule has 0 aliphatic heterocycles. The molecular weight excluding hydrogens is 102 g/mol. The van der Waals surface area contributed by atoms with Crippen LogP contribution in [-0.2, 0) is 0 Å². The molecule has 0 bridgehead atoms. The van der Waals surface area contributed by atoms with Crippen LogP contribution in [0.15, 0.2) is 18.3 Å². The van der Waals surface area contributed by atoms with Gasteiger partial charge in [0, 0.05) is 6.20 Å². The molecule has 0 saturated carbocycles. The molecule has 0 amide bonds. The first-order chi connectivity index (χ1) is 3.93. The van der Waals surface area contributed by atoms with Gasteiger partial charge in [-0.05, 0) is 19.1 Å². The van der Waals surface area contributed by atoms with Crippen molar-refractivity contribution < 1.29 is 4.74 Å². The molecule has 0 aliphatic carbocycles. The quantitative estimate of drug-likeness (QED) is 0.614. The summed E-state index contributed by atoms with van der Waals surface area (Å²) in [6.45, 7) is 3.46. The van der Waals surface area contributed by atoms with Gasteiger partial charge in [-0.15, -0.1) is 0 Å². The molecule has 0 aliphatic rings. The first kappa shape index (κ1) is 5.22. The third-order valence-electron chi connectivity index (χ3n) is 0.814. The van der Waals surface area contributed by atoms with Gasteiger partial charge in [0.2, 0.25) is 0 Å². The lowest BCUT2D eigenvalue weighted by Crippen LogP contribution is -1.82. The first-order valence-electron chi connectivity index (χ1n) is 2.51. The zero-order valence-electron chi connectivity index (χ0n) is 4.72. The molecule has 1 rings (SSSR count). The lowest BCUT2D eigenvalue weighted by atomic mass is 10.6. The van der Waals surface area contributed by atoms with Crippen LogP contribution in [0.3, 0.4) is 0 Å². The predicted octanol–water partition coefficient (Wildman–Crippen LogP) is 1.58. The van der Waals surface area contributed by atoms with E-state index in [2.05, 4.69) is 4.98 Å². The second-order valence-electron chi connectivity index (χ2n) is 1.39. The molecule has 2 nitrogen and oxygen atoms in total. The van der Waals surface area contributed by atoms with Gasteiger partial charge in [0.05, 0.1) is 0 Å². The molecule has 1 aromatic heterocycles. The van der Waals surface area contributed by atoms with Crippen molar-refractivity contribution in [1.82, 2.24) is 4.98 Å². The maximum atomic E-state index is 4.97. The van der Waals surface area contributed by atoms with Crippen molar-refractivity contribution in [2.45, 2.75) is 6.92 Å². The Balaban J connectivity index is 2.50. The molecule has 1 radical (unpaired) electrons. The van der Waals surface area contributed by atoms with E-state index in [1.165, 1.54) is 0 Å². The topological polar surface area (TPSA) is 25.0 Å². The van der Waals surface area contributed by atoms with Crippen molar-refractivity contribution >= 4 is 0 Å². The summed E-state index contributed by atoms with van der Waals surface area (Å²) in [5.74, 6) is 0.785. The van der Waals surface area contributed by atoms with Crippen LogP contribution in [0.25, 0.3) is 0 Å². The Hall–Kier alpha value is -0.920. The largest absolute Gasteiger partial charge is 0.472 e. The third kappa shape index (κ3) is 1.03. The van der Waals surface area contributed by atoms with Gasteiger partial charge >= 0.3 is 0 Å². The van der Waals surface area contributed by atoms with Crippen LogP contribution >= 0.6 is 0 Å². The molecule has 1 heterocycles. The molecule has 0 spiro atoms. The number of rotatable bonds is 2. The number of hydrogen-bond donors (Lipinski definition) is 1. The molecule has 0 unspecified atom stereocenters. The van der Waals surface area contributed by atoms with Gasteiger partial charge in [-0.2, -0.15) is 0 Å². The Morgan fingerprint density at radius 1 is 1.75 bits per heavy atom. The van der Waals surface area contributed by atoms with E-state index in [1.54, 1.807) is 6.61 Å². The molecule has 8 heavy (non-hydrogen) atoms. The van der Waals surface area contributed by atoms with E-state index in [1.807, 2.05) is 25.3 Å². The van der Waals surface area contributed by atoms with Crippen molar-refractivity contribution in [2.75, 3.05) is 0 Å². The molecular formula is C6H8NO. The van der Waals surface area contributed by atoms with Gasteiger partial charge in [-0.1, -0.05) is 0 Å². The van der Waals surface area contributed by atoms with Crippen LogP contribution in [0, 0.1) is 6.61 Å². The van der Waals surface area contributed by atoms with E-state index in [0.717, 1.165) is 5.88 Å². The molecule has 1 aromatic rings. The van der Waals surface area contributed by atoms with Crippen molar-refractivity contribution in [3.63, 3.8) is 0 Å². The maximum Gasteiger partial charge on any atom is 0.191 e.